The molecule has 0 aliphatic carbocycles. The summed E-state index contributed by atoms with van der Waals surface area (Å²) in [6.07, 6.45) is 2.91. The van der Waals surface area contributed by atoms with E-state index in [0.717, 1.165) is 25.1 Å². The van der Waals surface area contributed by atoms with Crippen molar-refractivity contribution < 1.29 is 13.5 Å². The van der Waals surface area contributed by atoms with Crippen LogP contribution in [0.4, 0.5) is 5.69 Å². The van der Waals surface area contributed by atoms with Crippen LogP contribution in [0.1, 0.15) is 39.5 Å². The molecule has 0 radical (unpaired) electrons. The maximum atomic E-state index is 12.4. The number of benzene rings is 1. The number of para-hydroxylation sites is 1. The average molecular weight is 311 g/mol. The first kappa shape index (κ1) is 16.3. The van der Waals surface area contributed by atoms with E-state index in [1.54, 1.807) is 12.1 Å². The molecule has 1 unspecified atom stereocenters. The Morgan fingerprint density at radius 1 is 1.24 bits per heavy atom. The summed E-state index contributed by atoms with van der Waals surface area (Å²) < 4.78 is 24.9. The van der Waals surface area contributed by atoms with Gasteiger partial charge < -0.3 is 10.0 Å². The lowest BCUT2D eigenvalue weighted by Gasteiger charge is -2.26. The van der Waals surface area contributed by atoms with Crippen molar-refractivity contribution in [3.8, 4) is 0 Å². The van der Waals surface area contributed by atoms with E-state index in [1.807, 2.05) is 26.0 Å². The van der Waals surface area contributed by atoms with E-state index in [2.05, 4.69) is 4.90 Å². The lowest BCUT2D eigenvalue weighted by molar-refractivity contribution is 0.0481. The van der Waals surface area contributed by atoms with Crippen LogP contribution in [0.25, 0.3) is 0 Å². The molecule has 1 saturated heterocycles. The van der Waals surface area contributed by atoms with Gasteiger partial charge in [-0.3, -0.25) is 0 Å². The second-order valence-electron chi connectivity index (χ2n) is 6.12. The minimum atomic E-state index is -3.24. The van der Waals surface area contributed by atoms with Crippen LogP contribution in [0.15, 0.2) is 29.2 Å². The standard InChI is InChI=1S/C16H25NO3S/c1-3-13-21(19,20)15-8-5-4-7-14(15)17-11-6-9-16(2,18)10-12-17/h4-5,7-8,18H,3,6,9-13H2,1-2H3. The van der Waals surface area contributed by atoms with Gasteiger partial charge in [-0.1, -0.05) is 19.1 Å². The molecule has 4 nitrogen and oxygen atoms in total. The molecule has 21 heavy (non-hydrogen) atoms. The van der Waals surface area contributed by atoms with Gasteiger partial charge in [-0.15, -0.1) is 0 Å². The Kier molecular flexibility index (Phi) is 4.94. The van der Waals surface area contributed by atoms with Gasteiger partial charge >= 0.3 is 0 Å². The zero-order valence-corrected chi connectivity index (χ0v) is 13.7. The van der Waals surface area contributed by atoms with Gasteiger partial charge in [0.2, 0.25) is 0 Å². The van der Waals surface area contributed by atoms with Gasteiger partial charge in [0.05, 0.1) is 21.9 Å². The van der Waals surface area contributed by atoms with E-state index in [4.69, 9.17) is 0 Å². The molecular weight excluding hydrogens is 286 g/mol. The molecule has 1 fully saturated rings. The molecule has 1 heterocycles. The smallest absolute Gasteiger partial charge is 0.180 e. The summed E-state index contributed by atoms with van der Waals surface area (Å²) in [4.78, 5) is 2.53. The highest BCUT2D eigenvalue weighted by atomic mass is 32.2. The van der Waals surface area contributed by atoms with Crippen LogP contribution in [-0.4, -0.2) is 38.0 Å². The molecule has 1 atom stereocenters. The van der Waals surface area contributed by atoms with E-state index in [9.17, 15) is 13.5 Å². The summed E-state index contributed by atoms with van der Waals surface area (Å²) in [6, 6.07) is 7.23. The fraction of sp³-hybridized carbons (Fsp3) is 0.625. The van der Waals surface area contributed by atoms with Crippen molar-refractivity contribution in [2.24, 2.45) is 0 Å². The van der Waals surface area contributed by atoms with Gasteiger partial charge in [0.1, 0.15) is 0 Å². The zero-order chi connectivity index (χ0) is 15.5. The second kappa shape index (κ2) is 6.36. The van der Waals surface area contributed by atoms with E-state index >= 15 is 0 Å². The second-order valence-corrected chi connectivity index (χ2v) is 8.20. The Labute approximate surface area is 127 Å². The third kappa shape index (κ3) is 3.98. The van der Waals surface area contributed by atoms with Crippen molar-refractivity contribution in [2.75, 3.05) is 23.7 Å². The number of aliphatic hydroxyl groups is 1. The van der Waals surface area contributed by atoms with Gasteiger partial charge in [0.25, 0.3) is 0 Å². The quantitative estimate of drug-likeness (QED) is 0.928. The lowest BCUT2D eigenvalue weighted by Crippen LogP contribution is -2.29. The van der Waals surface area contributed by atoms with Gasteiger partial charge in [0, 0.05) is 13.1 Å². The number of hydrogen-bond donors (Lipinski definition) is 1. The van der Waals surface area contributed by atoms with Crippen molar-refractivity contribution >= 4 is 15.5 Å². The van der Waals surface area contributed by atoms with E-state index in [1.165, 1.54) is 0 Å². The monoisotopic (exact) mass is 311 g/mol. The zero-order valence-electron chi connectivity index (χ0n) is 12.9. The van der Waals surface area contributed by atoms with Crippen LogP contribution >= 0.6 is 0 Å². The van der Waals surface area contributed by atoms with Crippen molar-refractivity contribution in [2.45, 2.75) is 50.0 Å². The van der Waals surface area contributed by atoms with Crippen molar-refractivity contribution in [3.63, 3.8) is 0 Å². The SMILES string of the molecule is CCCS(=O)(=O)c1ccccc1N1CCCC(C)(O)CC1. The van der Waals surface area contributed by atoms with Crippen LogP contribution in [0.5, 0.6) is 0 Å². The van der Waals surface area contributed by atoms with Gasteiger partial charge in [0.15, 0.2) is 9.84 Å². The van der Waals surface area contributed by atoms with Crippen LogP contribution in [-0.2, 0) is 9.84 Å². The summed E-state index contributed by atoms with van der Waals surface area (Å²) in [6.45, 7) is 5.21. The van der Waals surface area contributed by atoms with Gasteiger partial charge in [-0.2, -0.15) is 0 Å². The molecule has 1 aromatic carbocycles. The predicted octanol–water partition coefficient (Wildman–Crippen LogP) is 2.61. The topological polar surface area (TPSA) is 57.6 Å². The first-order valence-corrected chi connectivity index (χ1v) is 9.30. The van der Waals surface area contributed by atoms with Gasteiger partial charge in [-0.25, -0.2) is 8.42 Å². The highest BCUT2D eigenvalue weighted by Crippen LogP contribution is 2.30. The van der Waals surface area contributed by atoms with Gasteiger partial charge in [-0.05, 0) is 44.7 Å². The largest absolute Gasteiger partial charge is 0.390 e. The molecule has 1 aromatic rings. The third-order valence-electron chi connectivity index (χ3n) is 4.08. The van der Waals surface area contributed by atoms with E-state index in [-0.39, 0.29) is 5.75 Å². The molecule has 1 aliphatic heterocycles. The van der Waals surface area contributed by atoms with Crippen molar-refractivity contribution in [3.05, 3.63) is 24.3 Å². The van der Waals surface area contributed by atoms with Crippen molar-refractivity contribution in [1.82, 2.24) is 0 Å². The number of nitrogens with zero attached hydrogens (tertiary/aromatic N) is 1. The molecule has 0 saturated carbocycles. The average Bonchev–Trinajstić information content (AvgIpc) is 2.60. The number of hydrogen-bond acceptors (Lipinski definition) is 4. The summed E-state index contributed by atoms with van der Waals surface area (Å²) >= 11 is 0. The van der Waals surface area contributed by atoms with E-state index in [0.29, 0.717) is 24.3 Å². The first-order valence-electron chi connectivity index (χ1n) is 7.65. The Bertz CT molecular complexity index is 581. The third-order valence-corrected chi connectivity index (χ3v) is 6.04. The summed E-state index contributed by atoms with van der Waals surface area (Å²) in [5.74, 6) is 0.176. The Hall–Kier alpha value is -1.07. The minimum Gasteiger partial charge on any atom is -0.390 e. The van der Waals surface area contributed by atoms with Crippen LogP contribution in [0, 0.1) is 0 Å². The Morgan fingerprint density at radius 3 is 2.67 bits per heavy atom. The fourth-order valence-electron chi connectivity index (χ4n) is 2.86. The molecule has 1 aliphatic rings. The number of sulfone groups is 1. The normalized spacial score (nSPS) is 23.9. The van der Waals surface area contributed by atoms with Crippen molar-refractivity contribution in [1.29, 1.82) is 0 Å². The summed E-state index contributed by atoms with van der Waals surface area (Å²) in [7, 11) is -3.24. The molecule has 0 bridgehead atoms. The number of anilines is 1. The lowest BCUT2D eigenvalue weighted by atomic mass is 9.98. The fourth-order valence-corrected chi connectivity index (χ4v) is 4.42. The van der Waals surface area contributed by atoms with E-state index < -0.39 is 15.4 Å². The maximum absolute atomic E-state index is 12.4. The highest BCUT2D eigenvalue weighted by molar-refractivity contribution is 7.91. The molecule has 0 amide bonds. The predicted molar refractivity (Wildman–Crippen MR) is 85.5 cm³/mol. The maximum Gasteiger partial charge on any atom is 0.180 e. The summed E-state index contributed by atoms with van der Waals surface area (Å²) in [5, 5.41) is 10.2. The van der Waals surface area contributed by atoms with Crippen LogP contribution in [0.2, 0.25) is 0 Å². The molecule has 1 N–H and O–H groups in total. The first-order chi connectivity index (χ1) is 9.86. The highest BCUT2D eigenvalue weighted by Gasteiger charge is 2.27. The molecule has 5 heteroatoms. The molecule has 0 spiro atoms. The van der Waals surface area contributed by atoms with Crippen LogP contribution in [0.3, 0.4) is 0 Å². The Balaban J connectivity index is 2.32. The molecular formula is C16H25NO3S. The summed E-state index contributed by atoms with van der Waals surface area (Å²) in [5.41, 5.74) is 0.134. The number of rotatable bonds is 4. The molecule has 2 rings (SSSR count). The van der Waals surface area contributed by atoms with Crippen LogP contribution < -0.4 is 4.90 Å². The molecule has 118 valence electrons. The molecule has 0 aromatic heterocycles. The Morgan fingerprint density at radius 2 is 1.95 bits per heavy atom. The minimum absolute atomic E-state index is 0.176.